The number of carbonyl (C=O) groups is 1. The van der Waals surface area contributed by atoms with Gasteiger partial charge >= 0.3 is 0 Å². The second kappa shape index (κ2) is 6.85. The molecule has 0 spiro atoms. The van der Waals surface area contributed by atoms with Gasteiger partial charge in [0, 0.05) is 12.1 Å². The van der Waals surface area contributed by atoms with Gasteiger partial charge in [-0.15, -0.1) is 0 Å². The number of non-ortho nitro benzene ring substituents is 1. The zero-order chi connectivity index (χ0) is 16.1. The van der Waals surface area contributed by atoms with Crippen LogP contribution < -0.4 is 5.32 Å². The molecule has 2 rings (SSSR count). The predicted molar refractivity (Wildman–Crippen MR) is 85.9 cm³/mol. The molecule has 0 heterocycles. The molecule has 5 nitrogen and oxygen atoms in total. The number of carbonyl (C=O) groups excluding carboxylic acids is 1. The molecule has 1 amide bonds. The van der Waals surface area contributed by atoms with Crippen LogP contribution in [-0.2, 0) is 4.79 Å². The van der Waals surface area contributed by atoms with Crippen molar-refractivity contribution >= 4 is 17.3 Å². The molecule has 0 saturated carbocycles. The number of nitrogens with one attached hydrogen (secondary N) is 1. The van der Waals surface area contributed by atoms with Crippen LogP contribution >= 0.6 is 0 Å². The minimum atomic E-state index is -0.469. The van der Waals surface area contributed by atoms with Crippen molar-refractivity contribution in [1.82, 2.24) is 0 Å². The minimum absolute atomic E-state index is 0.0336. The highest BCUT2D eigenvalue weighted by Gasteiger charge is 2.20. The van der Waals surface area contributed by atoms with Crippen LogP contribution in [0.4, 0.5) is 11.4 Å². The molecule has 0 aliphatic rings. The molecule has 0 aliphatic heterocycles. The van der Waals surface area contributed by atoms with Crippen LogP contribution in [0.1, 0.15) is 30.4 Å². The van der Waals surface area contributed by atoms with Crippen LogP contribution in [0.3, 0.4) is 0 Å². The number of rotatable bonds is 5. The van der Waals surface area contributed by atoms with Crippen molar-refractivity contribution in [3.8, 4) is 0 Å². The lowest BCUT2D eigenvalue weighted by Gasteiger charge is -2.16. The molecule has 0 aromatic heterocycles. The normalized spacial score (nSPS) is 11.7. The van der Waals surface area contributed by atoms with E-state index >= 15 is 0 Å². The first kappa shape index (κ1) is 15.7. The first-order valence-electron chi connectivity index (χ1n) is 7.13. The zero-order valence-electron chi connectivity index (χ0n) is 12.6. The molecule has 2 aromatic rings. The number of anilines is 1. The zero-order valence-corrected chi connectivity index (χ0v) is 12.6. The summed E-state index contributed by atoms with van der Waals surface area (Å²) in [5.41, 5.74) is 2.18. The molecular formula is C17H18N2O3. The minimum Gasteiger partial charge on any atom is -0.325 e. The van der Waals surface area contributed by atoms with E-state index in [-0.39, 0.29) is 17.5 Å². The van der Waals surface area contributed by atoms with Gasteiger partial charge in [-0.05, 0) is 24.5 Å². The quantitative estimate of drug-likeness (QED) is 0.669. The molecule has 114 valence electrons. The van der Waals surface area contributed by atoms with Crippen LogP contribution in [0.2, 0.25) is 0 Å². The number of benzene rings is 2. The highest BCUT2D eigenvalue weighted by Crippen LogP contribution is 2.25. The van der Waals surface area contributed by atoms with E-state index in [0.29, 0.717) is 12.1 Å². The van der Waals surface area contributed by atoms with E-state index in [1.165, 1.54) is 12.1 Å². The average Bonchev–Trinajstić information content (AvgIpc) is 2.51. The topological polar surface area (TPSA) is 72.2 Å². The lowest BCUT2D eigenvalue weighted by Crippen LogP contribution is -2.21. The fourth-order valence-electron chi connectivity index (χ4n) is 2.34. The number of nitro groups is 1. The van der Waals surface area contributed by atoms with Crippen molar-refractivity contribution in [2.24, 2.45) is 0 Å². The van der Waals surface area contributed by atoms with E-state index in [1.807, 2.05) is 44.2 Å². The lowest BCUT2D eigenvalue weighted by molar-refractivity contribution is -0.384. The smallest absolute Gasteiger partial charge is 0.271 e. The number of hydrogen-bond donors (Lipinski definition) is 1. The van der Waals surface area contributed by atoms with Gasteiger partial charge in [-0.25, -0.2) is 0 Å². The Hall–Kier alpha value is -2.69. The summed E-state index contributed by atoms with van der Waals surface area (Å²) in [6.07, 6.45) is 0.657. The SMILES string of the molecule is CCC(C(=O)Nc1cc([N+](=O)[O-])ccc1C)c1ccccc1. The van der Waals surface area contributed by atoms with E-state index in [1.54, 1.807) is 6.07 Å². The van der Waals surface area contributed by atoms with Gasteiger partial charge in [-0.1, -0.05) is 43.3 Å². The standard InChI is InChI=1S/C17H18N2O3/c1-3-15(13-7-5-4-6-8-13)17(20)18-16-11-14(19(21)22)10-9-12(16)2/h4-11,15H,3H2,1-2H3,(H,18,20). The maximum Gasteiger partial charge on any atom is 0.271 e. The molecule has 0 aliphatic carbocycles. The van der Waals surface area contributed by atoms with Gasteiger partial charge < -0.3 is 5.32 Å². The van der Waals surface area contributed by atoms with Crippen LogP contribution in [0, 0.1) is 17.0 Å². The summed E-state index contributed by atoms with van der Waals surface area (Å²) in [5.74, 6) is -0.433. The fourth-order valence-corrected chi connectivity index (χ4v) is 2.34. The van der Waals surface area contributed by atoms with Crippen molar-refractivity contribution in [1.29, 1.82) is 0 Å². The Morgan fingerprint density at radius 2 is 1.91 bits per heavy atom. The molecule has 0 radical (unpaired) electrons. The van der Waals surface area contributed by atoms with Crippen molar-refractivity contribution in [2.75, 3.05) is 5.32 Å². The van der Waals surface area contributed by atoms with Gasteiger partial charge in [0.15, 0.2) is 0 Å². The van der Waals surface area contributed by atoms with Crippen molar-refractivity contribution in [3.63, 3.8) is 0 Å². The van der Waals surface area contributed by atoms with E-state index in [4.69, 9.17) is 0 Å². The summed E-state index contributed by atoms with van der Waals surface area (Å²) in [5, 5.41) is 13.7. The predicted octanol–water partition coefficient (Wildman–Crippen LogP) is 4.04. The summed E-state index contributed by atoms with van der Waals surface area (Å²) in [6, 6.07) is 14.0. The van der Waals surface area contributed by atoms with Crippen molar-refractivity contribution in [2.45, 2.75) is 26.2 Å². The Kier molecular flexibility index (Phi) is 4.88. The molecule has 1 unspecified atom stereocenters. The van der Waals surface area contributed by atoms with Crippen LogP contribution in [0.5, 0.6) is 0 Å². The van der Waals surface area contributed by atoms with E-state index in [0.717, 1.165) is 11.1 Å². The Morgan fingerprint density at radius 1 is 1.23 bits per heavy atom. The number of hydrogen-bond acceptors (Lipinski definition) is 3. The summed E-state index contributed by atoms with van der Waals surface area (Å²) >= 11 is 0. The monoisotopic (exact) mass is 298 g/mol. The fraction of sp³-hybridized carbons (Fsp3) is 0.235. The number of nitrogens with zero attached hydrogens (tertiary/aromatic N) is 1. The largest absolute Gasteiger partial charge is 0.325 e. The van der Waals surface area contributed by atoms with Crippen LogP contribution in [-0.4, -0.2) is 10.8 Å². The van der Waals surface area contributed by atoms with Gasteiger partial charge in [0.1, 0.15) is 0 Å². The second-order valence-electron chi connectivity index (χ2n) is 5.12. The molecule has 0 fully saturated rings. The van der Waals surface area contributed by atoms with Gasteiger partial charge in [0.2, 0.25) is 5.91 Å². The summed E-state index contributed by atoms with van der Waals surface area (Å²) in [7, 11) is 0. The summed E-state index contributed by atoms with van der Waals surface area (Å²) in [6.45, 7) is 3.75. The molecule has 5 heteroatoms. The second-order valence-corrected chi connectivity index (χ2v) is 5.12. The molecule has 2 aromatic carbocycles. The number of amides is 1. The van der Waals surface area contributed by atoms with E-state index in [9.17, 15) is 14.9 Å². The van der Waals surface area contributed by atoms with Gasteiger partial charge in [-0.2, -0.15) is 0 Å². The highest BCUT2D eigenvalue weighted by atomic mass is 16.6. The first-order chi connectivity index (χ1) is 10.5. The number of nitro benzene ring substituents is 1. The number of aryl methyl sites for hydroxylation is 1. The maximum absolute atomic E-state index is 12.5. The van der Waals surface area contributed by atoms with E-state index < -0.39 is 4.92 Å². The third-order valence-corrected chi connectivity index (χ3v) is 3.62. The summed E-state index contributed by atoms with van der Waals surface area (Å²) < 4.78 is 0. The molecule has 1 N–H and O–H groups in total. The first-order valence-corrected chi connectivity index (χ1v) is 7.13. The highest BCUT2D eigenvalue weighted by molar-refractivity contribution is 5.96. The molecular weight excluding hydrogens is 280 g/mol. The third-order valence-electron chi connectivity index (χ3n) is 3.62. The van der Waals surface area contributed by atoms with Crippen molar-refractivity contribution < 1.29 is 9.72 Å². The Bertz CT molecular complexity index is 684. The van der Waals surface area contributed by atoms with Crippen LogP contribution in [0.15, 0.2) is 48.5 Å². The van der Waals surface area contributed by atoms with Gasteiger partial charge in [-0.3, -0.25) is 14.9 Å². The van der Waals surface area contributed by atoms with Crippen LogP contribution in [0.25, 0.3) is 0 Å². The van der Waals surface area contributed by atoms with Crippen molar-refractivity contribution in [3.05, 3.63) is 69.8 Å². The third kappa shape index (κ3) is 3.49. The Balaban J connectivity index is 2.24. The lowest BCUT2D eigenvalue weighted by atomic mass is 9.95. The Labute approximate surface area is 129 Å². The Morgan fingerprint density at radius 3 is 2.50 bits per heavy atom. The van der Waals surface area contributed by atoms with E-state index in [2.05, 4.69) is 5.32 Å². The summed E-state index contributed by atoms with van der Waals surface area (Å²) in [4.78, 5) is 22.9. The maximum atomic E-state index is 12.5. The molecule has 1 atom stereocenters. The molecule has 0 bridgehead atoms. The molecule has 0 saturated heterocycles. The van der Waals surface area contributed by atoms with Gasteiger partial charge in [0.05, 0.1) is 16.5 Å². The van der Waals surface area contributed by atoms with Gasteiger partial charge in [0.25, 0.3) is 5.69 Å². The average molecular weight is 298 g/mol. The molecule has 22 heavy (non-hydrogen) atoms.